The molecule has 19 heavy (non-hydrogen) atoms. The molecule has 1 aliphatic heterocycles. The van der Waals surface area contributed by atoms with E-state index in [0.29, 0.717) is 30.2 Å². The van der Waals surface area contributed by atoms with Gasteiger partial charge in [0.15, 0.2) is 0 Å². The Morgan fingerprint density at radius 3 is 3.00 bits per heavy atom. The maximum Gasteiger partial charge on any atom is 0.268 e. The van der Waals surface area contributed by atoms with E-state index >= 15 is 0 Å². The Balaban J connectivity index is 1.75. The van der Waals surface area contributed by atoms with Gasteiger partial charge in [0.25, 0.3) is 5.56 Å². The number of aromatic nitrogens is 2. The molecule has 0 aromatic carbocycles. The molecule has 0 radical (unpaired) electrons. The van der Waals surface area contributed by atoms with E-state index in [1.165, 1.54) is 11.3 Å². The summed E-state index contributed by atoms with van der Waals surface area (Å²) < 4.78 is 0.672. The average Bonchev–Trinajstić information content (AvgIpc) is 2.75. The molecule has 1 saturated heterocycles. The van der Waals surface area contributed by atoms with Gasteiger partial charge in [-0.25, -0.2) is 4.98 Å². The Kier molecular flexibility index (Phi) is 2.96. The summed E-state index contributed by atoms with van der Waals surface area (Å²) >= 11 is 1.41. The Bertz CT molecular complexity index is 655. The second kappa shape index (κ2) is 4.40. The van der Waals surface area contributed by atoms with Crippen molar-refractivity contribution in [3.8, 4) is 0 Å². The van der Waals surface area contributed by atoms with Crippen molar-refractivity contribution >= 4 is 21.6 Å². The van der Waals surface area contributed by atoms with Crippen LogP contribution in [0.2, 0.25) is 0 Å². The Hall–Kier alpha value is -1.24. The van der Waals surface area contributed by atoms with Gasteiger partial charge in [-0.3, -0.25) is 9.69 Å². The number of thiophene rings is 1. The molecule has 6 heteroatoms. The van der Waals surface area contributed by atoms with Gasteiger partial charge in [-0.2, -0.15) is 0 Å². The highest BCUT2D eigenvalue weighted by Crippen LogP contribution is 2.29. The lowest BCUT2D eigenvalue weighted by Crippen LogP contribution is -2.64. The summed E-state index contributed by atoms with van der Waals surface area (Å²) in [4.78, 5) is 21.2. The molecule has 5 nitrogen and oxygen atoms in total. The number of hydrogen-bond donors (Lipinski definition) is 2. The molecule has 0 unspecified atom stereocenters. The third-order valence-electron chi connectivity index (χ3n) is 3.81. The molecule has 2 N–H and O–H groups in total. The van der Waals surface area contributed by atoms with Crippen LogP contribution in [0.15, 0.2) is 16.2 Å². The fraction of sp³-hybridized carbons (Fsp3) is 0.538. The summed E-state index contributed by atoms with van der Waals surface area (Å²) in [5.74, 6) is 0.914. The molecule has 0 atom stereocenters. The molecule has 0 amide bonds. The molecule has 1 fully saturated rings. The lowest BCUT2D eigenvalue weighted by atomic mass is 9.83. The zero-order valence-corrected chi connectivity index (χ0v) is 11.8. The average molecular weight is 279 g/mol. The SMILES string of the molecule is CC(C)C1(O)CN(Cc2nc3ccsc3c(=O)[nH]2)C1. The van der Waals surface area contributed by atoms with Gasteiger partial charge in [0, 0.05) is 13.1 Å². The number of nitrogens with one attached hydrogen (secondary N) is 1. The van der Waals surface area contributed by atoms with Crippen LogP contribution in [-0.2, 0) is 6.54 Å². The summed E-state index contributed by atoms with van der Waals surface area (Å²) in [6.07, 6.45) is 0. The zero-order chi connectivity index (χ0) is 13.6. The molecular formula is C13H17N3O2S. The highest BCUT2D eigenvalue weighted by Gasteiger charge is 2.43. The van der Waals surface area contributed by atoms with Gasteiger partial charge < -0.3 is 10.1 Å². The summed E-state index contributed by atoms with van der Waals surface area (Å²) in [6, 6.07) is 1.86. The maximum absolute atomic E-state index is 11.8. The maximum atomic E-state index is 11.8. The fourth-order valence-electron chi connectivity index (χ4n) is 2.41. The van der Waals surface area contributed by atoms with E-state index < -0.39 is 5.60 Å². The van der Waals surface area contributed by atoms with Gasteiger partial charge in [0.2, 0.25) is 0 Å². The first-order valence-corrected chi connectivity index (χ1v) is 7.27. The van der Waals surface area contributed by atoms with Crippen molar-refractivity contribution in [2.24, 2.45) is 5.92 Å². The minimum absolute atomic E-state index is 0.0744. The van der Waals surface area contributed by atoms with Crippen molar-refractivity contribution in [3.63, 3.8) is 0 Å². The van der Waals surface area contributed by atoms with Gasteiger partial charge in [0.05, 0.1) is 17.7 Å². The molecule has 0 saturated carbocycles. The number of H-pyrrole nitrogens is 1. The summed E-state index contributed by atoms with van der Waals surface area (Å²) in [6.45, 7) is 5.89. The highest BCUT2D eigenvalue weighted by molar-refractivity contribution is 7.17. The van der Waals surface area contributed by atoms with Crippen LogP contribution in [0.5, 0.6) is 0 Å². The van der Waals surface area contributed by atoms with Crippen molar-refractivity contribution in [3.05, 3.63) is 27.6 Å². The van der Waals surface area contributed by atoms with Crippen molar-refractivity contribution in [2.45, 2.75) is 26.0 Å². The van der Waals surface area contributed by atoms with Crippen molar-refractivity contribution < 1.29 is 5.11 Å². The van der Waals surface area contributed by atoms with Crippen LogP contribution in [0.4, 0.5) is 0 Å². The highest BCUT2D eigenvalue weighted by atomic mass is 32.1. The van der Waals surface area contributed by atoms with Gasteiger partial charge in [0.1, 0.15) is 10.5 Å². The quantitative estimate of drug-likeness (QED) is 0.885. The van der Waals surface area contributed by atoms with Crippen molar-refractivity contribution in [1.82, 2.24) is 14.9 Å². The molecule has 1 aliphatic rings. The van der Waals surface area contributed by atoms with Crippen LogP contribution in [0, 0.1) is 5.92 Å². The number of rotatable bonds is 3. The number of aliphatic hydroxyl groups is 1. The second-order valence-electron chi connectivity index (χ2n) is 5.55. The van der Waals surface area contributed by atoms with Gasteiger partial charge in [-0.1, -0.05) is 13.8 Å². The molecular weight excluding hydrogens is 262 g/mol. The number of fused-ring (bicyclic) bond motifs is 1. The summed E-state index contributed by atoms with van der Waals surface area (Å²) in [5, 5.41) is 12.1. The normalized spacial score (nSPS) is 18.9. The van der Waals surface area contributed by atoms with E-state index in [-0.39, 0.29) is 11.5 Å². The minimum Gasteiger partial charge on any atom is -0.387 e. The third-order valence-corrected chi connectivity index (χ3v) is 4.71. The minimum atomic E-state index is -0.590. The first-order chi connectivity index (χ1) is 8.98. The van der Waals surface area contributed by atoms with Crippen LogP contribution in [0.3, 0.4) is 0 Å². The van der Waals surface area contributed by atoms with E-state index in [0.717, 1.165) is 5.52 Å². The predicted octanol–water partition coefficient (Wildman–Crippen LogP) is 1.19. The number of aromatic amines is 1. The first kappa shape index (κ1) is 12.8. The molecule has 2 aromatic rings. The van der Waals surface area contributed by atoms with E-state index in [4.69, 9.17) is 0 Å². The number of likely N-dealkylation sites (tertiary alicyclic amines) is 1. The standard InChI is InChI=1S/C13H17N3O2S/c1-8(2)13(18)6-16(7-13)5-10-14-9-3-4-19-11(9)12(17)15-10/h3-4,8,18H,5-7H2,1-2H3,(H,14,15,17). The number of β-amino-alcohol motifs (C(OH)–C–C–N with tert-alkyl or cyclic N) is 1. The van der Waals surface area contributed by atoms with Crippen molar-refractivity contribution in [2.75, 3.05) is 13.1 Å². The topological polar surface area (TPSA) is 69.2 Å². The van der Waals surface area contributed by atoms with Gasteiger partial charge >= 0.3 is 0 Å². The van der Waals surface area contributed by atoms with Crippen molar-refractivity contribution in [1.29, 1.82) is 0 Å². The zero-order valence-electron chi connectivity index (χ0n) is 11.0. The molecule has 0 bridgehead atoms. The van der Waals surface area contributed by atoms with E-state index in [1.54, 1.807) is 0 Å². The largest absolute Gasteiger partial charge is 0.387 e. The molecule has 0 aliphatic carbocycles. The summed E-state index contributed by atoms with van der Waals surface area (Å²) in [5.41, 5.74) is 0.0882. The summed E-state index contributed by atoms with van der Waals surface area (Å²) in [7, 11) is 0. The van der Waals surface area contributed by atoms with E-state index in [9.17, 15) is 9.90 Å². The third kappa shape index (κ3) is 2.20. The molecule has 3 heterocycles. The van der Waals surface area contributed by atoms with E-state index in [1.807, 2.05) is 25.3 Å². The Morgan fingerprint density at radius 2 is 2.32 bits per heavy atom. The Labute approximate surface area is 114 Å². The van der Waals surface area contributed by atoms with E-state index in [2.05, 4.69) is 14.9 Å². The van der Waals surface area contributed by atoms with Crippen LogP contribution in [0.25, 0.3) is 10.2 Å². The van der Waals surface area contributed by atoms with Crippen LogP contribution >= 0.6 is 11.3 Å². The predicted molar refractivity (Wildman–Crippen MR) is 75.3 cm³/mol. The monoisotopic (exact) mass is 279 g/mol. The molecule has 3 rings (SSSR count). The van der Waals surface area contributed by atoms with Gasteiger partial charge in [-0.05, 0) is 17.4 Å². The Morgan fingerprint density at radius 1 is 1.58 bits per heavy atom. The number of hydrogen-bond acceptors (Lipinski definition) is 5. The fourth-order valence-corrected chi connectivity index (χ4v) is 3.14. The molecule has 2 aromatic heterocycles. The van der Waals surface area contributed by atoms with Crippen LogP contribution in [-0.4, -0.2) is 38.7 Å². The smallest absolute Gasteiger partial charge is 0.268 e. The molecule has 0 spiro atoms. The van der Waals surface area contributed by atoms with Gasteiger partial charge in [-0.15, -0.1) is 11.3 Å². The van der Waals surface area contributed by atoms with Crippen LogP contribution in [0.1, 0.15) is 19.7 Å². The number of nitrogens with zero attached hydrogens (tertiary/aromatic N) is 2. The van der Waals surface area contributed by atoms with Crippen LogP contribution < -0.4 is 5.56 Å². The lowest BCUT2D eigenvalue weighted by molar-refractivity contribution is -0.131. The lowest BCUT2D eigenvalue weighted by Gasteiger charge is -2.48. The second-order valence-corrected chi connectivity index (χ2v) is 6.47. The molecule has 102 valence electrons. The first-order valence-electron chi connectivity index (χ1n) is 6.39.